The van der Waals surface area contributed by atoms with Crippen molar-refractivity contribution in [3.05, 3.63) is 55.7 Å². The van der Waals surface area contributed by atoms with Gasteiger partial charge in [-0.05, 0) is 50.1 Å². The standard InChI is InChI=1S/C13H5Br2ClFNO/c14-8-2-1-3-12(7(8)6-18)19-13-5-11(17)10(16)4-9(13)15/h1-5H. The van der Waals surface area contributed by atoms with Gasteiger partial charge in [0, 0.05) is 10.5 Å². The predicted molar refractivity (Wildman–Crippen MR) is 78.0 cm³/mol. The molecule has 0 bridgehead atoms. The van der Waals surface area contributed by atoms with Crippen LogP contribution in [-0.2, 0) is 0 Å². The minimum atomic E-state index is -0.589. The molecule has 0 amide bonds. The molecule has 96 valence electrons. The van der Waals surface area contributed by atoms with Gasteiger partial charge in [-0.2, -0.15) is 5.26 Å². The van der Waals surface area contributed by atoms with E-state index in [1.165, 1.54) is 6.07 Å². The molecule has 19 heavy (non-hydrogen) atoms. The molecule has 0 atom stereocenters. The number of hydrogen-bond acceptors (Lipinski definition) is 2. The summed E-state index contributed by atoms with van der Waals surface area (Å²) in [4.78, 5) is 0. The van der Waals surface area contributed by atoms with Gasteiger partial charge in [0.2, 0.25) is 0 Å². The van der Waals surface area contributed by atoms with Gasteiger partial charge in [-0.25, -0.2) is 4.39 Å². The van der Waals surface area contributed by atoms with Crippen LogP contribution in [0.15, 0.2) is 39.3 Å². The minimum Gasteiger partial charge on any atom is -0.455 e. The molecule has 2 nitrogen and oxygen atoms in total. The number of rotatable bonds is 2. The van der Waals surface area contributed by atoms with Crippen LogP contribution in [0.5, 0.6) is 11.5 Å². The molecule has 0 fully saturated rings. The van der Waals surface area contributed by atoms with Crippen molar-refractivity contribution in [3.63, 3.8) is 0 Å². The zero-order valence-electron chi connectivity index (χ0n) is 9.25. The highest BCUT2D eigenvalue weighted by Crippen LogP contribution is 2.36. The molecule has 0 aliphatic heterocycles. The Labute approximate surface area is 131 Å². The van der Waals surface area contributed by atoms with Crippen LogP contribution in [0.3, 0.4) is 0 Å². The third kappa shape index (κ3) is 3.08. The average Bonchev–Trinajstić information content (AvgIpc) is 2.36. The van der Waals surface area contributed by atoms with Gasteiger partial charge >= 0.3 is 0 Å². The van der Waals surface area contributed by atoms with E-state index in [1.54, 1.807) is 18.2 Å². The third-order valence-corrected chi connectivity index (χ3v) is 3.85. The van der Waals surface area contributed by atoms with Gasteiger partial charge in [0.15, 0.2) is 0 Å². The number of ether oxygens (including phenoxy) is 1. The Morgan fingerprint density at radius 1 is 1.16 bits per heavy atom. The van der Waals surface area contributed by atoms with E-state index in [2.05, 4.69) is 31.9 Å². The fourth-order valence-corrected chi connectivity index (χ4v) is 2.56. The second-order valence-corrected chi connectivity index (χ2v) is 5.64. The highest BCUT2D eigenvalue weighted by Gasteiger charge is 2.12. The first kappa shape index (κ1) is 14.3. The van der Waals surface area contributed by atoms with Crippen LogP contribution in [0, 0.1) is 17.1 Å². The van der Waals surface area contributed by atoms with Crippen molar-refractivity contribution >= 4 is 43.5 Å². The average molecular weight is 405 g/mol. The van der Waals surface area contributed by atoms with Crippen LogP contribution >= 0.6 is 43.5 Å². The Bertz CT molecular complexity index is 685. The van der Waals surface area contributed by atoms with Crippen LogP contribution in [0.1, 0.15) is 5.56 Å². The summed E-state index contributed by atoms with van der Waals surface area (Å²) >= 11 is 12.1. The SMILES string of the molecule is N#Cc1c(Br)cccc1Oc1cc(F)c(Cl)cc1Br. The number of nitriles is 1. The molecule has 0 spiro atoms. The minimum absolute atomic E-state index is 0.00558. The maximum absolute atomic E-state index is 13.4. The van der Waals surface area contributed by atoms with Crippen molar-refractivity contribution in [2.45, 2.75) is 0 Å². The number of benzene rings is 2. The second kappa shape index (κ2) is 5.91. The summed E-state index contributed by atoms with van der Waals surface area (Å²) in [6.45, 7) is 0. The number of halogens is 4. The highest BCUT2D eigenvalue weighted by molar-refractivity contribution is 9.10. The van der Waals surface area contributed by atoms with Crippen LogP contribution < -0.4 is 4.74 Å². The molecule has 2 aromatic carbocycles. The Kier molecular flexibility index (Phi) is 4.46. The summed E-state index contributed by atoms with van der Waals surface area (Å²) in [5, 5.41) is 9.07. The summed E-state index contributed by atoms with van der Waals surface area (Å²) in [5.41, 5.74) is 0.338. The Hall–Kier alpha value is -1.09. The molecule has 0 N–H and O–H groups in total. The topological polar surface area (TPSA) is 33.0 Å². The first-order chi connectivity index (χ1) is 9.02. The van der Waals surface area contributed by atoms with E-state index in [9.17, 15) is 4.39 Å². The van der Waals surface area contributed by atoms with Crippen molar-refractivity contribution < 1.29 is 9.13 Å². The van der Waals surface area contributed by atoms with Crippen LogP contribution in [-0.4, -0.2) is 0 Å². The van der Waals surface area contributed by atoms with E-state index < -0.39 is 5.82 Å². The highest BCUT2D eigenvalue weighted by atomic mass is 79.9. The molecule has 0 aliphatic carbocycles. The van der Waals surface area contributed by atoms with Gasteiger partial charge in [0.1, 0.15) is 28.9 Å². The third-order valence-electron chi connectivity index (χ3n) is 2.28. The lowest BCUT2D eigenvalue weighted by Gasteiger charge is -2.10. The first-order valence-electron chi connectivity index (χ1n) is 5.04. The summed E-state index contributed by atoms with van der Waals surface area (Å²) in [7, 11) is 0. The van der Waals surface area contributed by atoms with E-state index in [-0.39, 0.29) is 10.8 Å². The van der Waals surface area contributed by atoms with Gasteiger partial charge < -0.3 is 4.74 Å². The van der Waals surface area contributed by atoms with Crippen molar-refractivity contribution in [1.82, 2.24) is 0 Å². The van der Waals surface area contributed by atoms with Gasteiger partial charge in [-0.1, -0.05) is 17.7 Å². The molecule has 0 radical (unpaired) electrons. The lowest BCUT2D eigenvalue weighted by molar-refractivity contribution is 0.472. The van der Waals surface area contributed by atoms with Crippen molar-refractivity contribution in [3.8, 4) is 17.6 Å². The van der Waals surface area contributed by atoms with Crippen LogP contribution in [0.4, 0.5) is 4.39 Å². The summed E-state index contributed by atoms with van der Waals surface area (Å²) in [6, 6.07) is 9.66. The fourth-order valence-electron chi connectivity index (χ4n) is 1.40. The van der Waals surface area contributed by atoms with E-state index >= 15 is 0 Å². The monoisotopic (exact) mass is 403 g/mol. The Morgan fingerprint density at radius 2 is 1.89 bits per heavy atom. The molecule has 0 saturated carbocycles. The van der Waals surface area contributed by atoms with E-state index in [1.807, 2.05) is 6.07 Å². The number of hydrogen-bond donors (Lipinski definition) is 0. The molecular formula is C13H5Br2ClFNO. The van der Waals surface area contributed by atoms with Crippen molar-refractivity contribution in [1.29, 1.82) is 5.26 Å². The van der Waals surface area contributed by atoms with Crippen molar-refractivity contribution in [2.24, 2.45) is 0 Å². The lowest BCUT2D eigenvalue weighted by Crippen LogP contribution is -1.91. The summed E-state index contributed by atoms with van der Waals surface area (Å²) < 4.78 is 20.1. The van der Waals surface area contributed by atoms with Crippen molar-refractivity contribution in [2.75, 3.05) is 0 Å². The van der Waals surface area contributed by atoms with E-state index in [0.29, 0.717) is 20.3 Å². The maximum atomic E-state index is 13.4. The molecular weight excluding hydrogens is 400 g/mol. The fraction of sp³-hybridized carbons (Fsp3) is 0. The zero-order chi connectivity index (χ0) is 14.0. The molecule has 0 saturated heterocycles. The van der Waals surface area contributed by atoms with Gasteiger partial charge in [-0.3, -0.25) is 0 Å². The zero-order valence-corrected chi connectivity index (χ0v) is 13.2. The number of nitrogens with zero attached hydrogens (tertiary/aromatic N) is 1. The lowest BCUT2D eigenvalue weighted by atomic mass is 10.2. The van der Waals surface area contributed by atoms with Gasteiger partial charge in [-0.15, -0.1) is 0 Å². The molecule has 2 aromatic rings. The normalized spacial score (nSPS) is 10.1. The molecule has 0 aromatic heterocycles. The quantitative estimate of drug-likeness (QED) is 0.604. The molecule has 6 heteroatoms. The smallest absolute Gasteiger partial charge is 0.146 e. The summed E-state index contributed by atoms with van der Waals surface area (Å²) in [6.07, 6.45) is 0. The molecule has 2 rings (SSSR count). The predicted octanol–water partition coefficient (Wildman–Crippen LogP) is 5.67. The van der Waals surface area contributed by atoms with E-state index in [4.69, 9.17) is 21.6 Å². The van der Waals surface area contributed by atoms with Crippen LogP contribution in [0.2, 0.25) is 5.02 Å². The van der Waals surface area contributed by atoms with E-state index in [0.717, 1.165) is 6.07 Å². The van der Waals surface area contributed by atoms with Gasteiger partial charge in [0.05, 0.1) is 9.50 Å². The Morgan fingerprint density at radius 3 is 2.58 bits per heavy atom. The Balaban J connectivity index is 2.45. The molecule has 0 heterocycles. The van der Waals surface area contributed by atoms with Crippen LogP contribution in [0.25, 0.3) is 0 Å². The van der Waals surface area contributed by atoms with Gasteiger partial charge in [0.25, 0.3) is 0 Å². The first-order valence-corrected chi connectivity index (χ1v) is 7.00. The summed E-state index contributed by atoms with van der Waals surface area (Å²) in [5.74, 6) is -0.0100. The largest absolute Gasteiger partial charge is 0.455 e. The molecule has 0 aliphatic rings. The maximum Gasteiger partial charge on any atom is 0.146 e. The second-order valence-electron chi connectivity index (χ2n) is 3.52. The molecule has 0 unspecified atom stereocenters.